The van der Waals surface area contributed by atoms with Crippen molar-refractivity contribution in [2.75, 3.05) is 19.7 Å². The van der Waals surface area contributed by atoms with Crippen molar-refractivity contribution < 1.29 is 19.8 Å². The van der Waals surface area contributed by atoms with Gasteiger partial charge in [-0.1, -0.05) is 5.16 Å². The molecule has 1 aliphatic heterocycles. The minimum Gasteiger partial charge on any atom is -0.508 e. The van der Waals surface area contributed by atoms with E-state index in [1.165, 1.54) is 12.1 Å². The molecule has 1 atom stereocenters. The summed E-state index contributed by atoms with van der Waals surface area (Å²) in [4.78, 5) is 14.0. The summed E-state index contributed by atoms with van der Waals surface area (Å²) in [5.74, 6) is -0.0953. The highest BCUT2D eigenvalue weighted by atomic mass is 16.5. The molecule has 1 saturated heterocycles. The Bertz CT molecular complexity index is 544. The lowest BCUT2D eigenvalue weighted by Gasteiger charge is -2.32. The summed E-state index contributed by atoms with van der Waals surface area (Å²) in [5.41, 5.74) is 6.72. The van der Waals surface area contributed by atoms with E-state index < -0.39 is 6.10 Å². The van der Waals surface area contributed by atoms with Crippen LogP contribution in [0.3, 0.4) is 0 Å². The molecule has 1 aliphatic rings. The smallest absolute Gasteiger partial charge is 0.254 e. The van der Waals surface area contributed by atoms with E-state index in [0.29, 0.717) is 24.3 Å². The standard InChI is InChI=1S/C13H17N3O4/c1-8-6-9(17)2-3-10(8)13(18)16-4-5-20-11(7-16)12(14)15-19/h2-3,6,11,17,19H,4-5,7H2,1H3,(H2,14,15). The normalized spacial score (nSPS) is 19.9. The molecule has 20 heavy (non-hydrogen) atoms. The van der Waals surface area contributed by atoms with Crippen LogP contribution in [0.1, 0.15) is 15.9 Å². The van der Waals surface area contributed by atoms with Gasteiger partial charge in [0.15, 0.2) is 5.84 Å². The molecule has 0 radical (unpaired) electrons. The maximum absolute atomic E-state index is 12.4. The maximum Gasteiger partial charge on any atom is 0.254 e. The third-order valence-corrected chi connectivity index (χ3v) is 3.24. The molecule has 1 aromatic rings. The molecule has 7 heteroatoms. The molecule has 1 heterocycles. The summed E-state index contributed by atoms with van der Waals surface area (Å²) in [6.45, 7) is 2.75. The number of benzene rings is 1. The minimum atomic E-state index is -0.602. The van der Waals surface area contributed by atoms with Crippen LogP contribution in [0.4, 0.5) is 0 Å². The average Bonchev–Trinajstić information content (AvgIpc) is 2.46. The Kier molecular flexibility index (Phi) is 4.09. The van der Waals surface area contributed by atoms with Gasteiger partial charge in [-0.2, -0.15) is 0 Å². The summed E-state index contributed by atoms with van der Waals surface area (Å²) in [6, 6.07) is 4.59. The van der Waals surface area contributed by atoms with Crippen LogP contribution in [0.5, 0.6) is 5.75 Å². The molecular weight excluding hydrogens is 262 g/mol. The molecule has 0 saturated carbocycles. The molecule has 108 valence electrons. The summed E-state index contributed by atoms with van der Waals surface area (Å²) in [7, 11) is 0. The van der Waals surface area contributed by atoms with E-state index >= 15 is 0 Å². The van der Waals surface area contributed by atoms with Crippen LogP contribution in [0.2, 0.25) is 0 Å². The van der Waals surface area contributed by atoms with Crippen molar-refractivity contribution in [2.45, 2.75) is 13.0 Å². The van der Waals surface area contributed by atoms with Crippen LogP contribution in [0.15, 0.2) is 23.4 Å². The maximum atomic E-state index is 12.4. The second-order valence-electron chi connectivity index (χ2n) is 4.63. The first-order chi connectivity index (χ1) is 9.52. The number of aryl methyl sites for hydroxylation is 1. The third-order valence-electron chi connectivity index (χ3n) is 3.24. The first-order valence-corrected chi connectivity index (χ1v) is 6.21. The van der Waals surface area contributed by atoms with Crippen molar-refractivity contribution in [2.24, 2.45) is 10.9 Å². The van der Waals surface area contributed by atoms with E-state index in [1.807, 2.05) is 0 Å². The number of rotatable bonds is 2. The number of carbonyl (C=O) groups excluding carboxylic acids is 1. The fraction of sp³-hybridized carbons (Fsp3) is 0.385. The van der Waals surface area contributed by atoms with E-state index in [1.54, 1.807) is 17.9 Å². The second-order valence-corrected chi connectivity index (χ2v) is 4.63. The quantitative estimate of drug-likeness (QED) is 0.312. The van der Waals surface area contributed by atoms with Crippen molar-refractivity contribution in [1.29, 1.82) is 0 Å². The van der Waals surface area contributed by atoms with Gasteiger partial charge in [0.25, 0.3) is 5.91 Å². The number of nitrogens with zero attached hydrogens (tertiary/aromatic N) is 2. The lowest BCUT2D eigenvalue weighted by atomic mass is 10.1. The van der Waals surface area contributed by atoms with E-state index in [4.69, 9.17) is 15.7 Å². The molecule has 1 unspecified atom stereocenters. The van der Waals surface area contributed by atoms with Crippen molar-refractivity contribution >= 4 is 11.7 Å². The molecule has 1 amide bonds. The van der Waals surface area contributed by atoms with Gasteiger partial charge in [0, 0.05) is 12.1 Å². The molecule has 7 nitrogen and oxygen atoms in total. The third kappa shape index (κ3) is 2.83. The lowest BCUT2D eigenvalue weighted by molar-refractivity contribution is 0.00672. The Balaban J connectivity index is 2.16. The monoisotopic (exact) mass is 279 g/mol. The minimum absolute atomic E-state index is 0.0510. The Labute approximate surface area is 116 Å². The first kappa shape index (κ1) is 14.1. The number of oxime groups is 1. The molecule has 1 fully saturated rings. The number of hydrogen-bond donors (Lipinski definition) is 3. The number of hydrogen-bond acceptors (Lipinski definition) is 5. The van der Waals surface area contributed by atoms with Gasteiger partial charge in [0.2, 0.25) is 0 Å². The molecule has 0 aromatic heterocycles. The van der Waals surface area contributed by atoms with E-state index in [2.05, 4.69) is 5.16 Å². The van der Waals surface area contributed by atoms with Crippen LogP contribution in [-0.2, 0) is 4.74 Å². The van der Waals surface area contributed by atoms with E-state index in [0.717, 1.165) is 0 Å². The molecule has 0 aliphatic carbocycles. The largest absolute Gasteiger partial charge is 0.508 e. The highest BCUT2D eigenvalue weighted by Gasteiger charge is 2.28. The molecule has 4 N–H and O–H groups in total. The zero-order chi connectivity index (χ0) is 14.7. The topological polar surface area (TPSA) is 108 Å². The number of carbonyl (C=O) groups is 1. The summed E-state index contributed by atoms with van der Waals surface area (Å²) >= 11 is 0. The SMILES string of the molecule is Cc1cc(O)ccc1C(=O)N1CCOC(/C(N)=N/O)C1. The number of amides is 1. The average molecular weight is 279 g/mol. The van der Waals surface area contributed by atoms with Crippen LogP contribution < -0.4 is 5.73 Å². The number of morpholine rings is 1. The predicted octanol–water partition coefficient (Wildman–Crippen LogP) is 0.288. The number of nitrogens with two attached hydrogens (primary N) is 1. The number of phenolic OH excluding ortho intramolecular Hbond substituents is 1. The Hall–Kier alpha value is -2.28. The van der Waals surface area contributed by atoms with Crippen molar-refractivity contribution in [1.82, 2.24) is 4.90 Å². The summed E-state index contributed by atoms with van der Waals surface area (Å²) in [6.07, 6.45) is -0.602. The second kappa shape index (κ2) is 5.79. The highest BCUT2D eigenvalue weighted by molar-refractivity contribution is 5.96. The zero-order valence-electron chi connectivity index (χ0n) is 11.1. The van der Waals surface area contributed by atoms with E-state index in [-0.39, 0.29) is 24.0 Å². The van der Waals surface area contributed by atoms with Gasteiger partial charge >= 0.3 is 0 Å². The highest BCUT2D eigenvalue weighted by Crippen LogP contribution is 2.18. The Morgan fingerprint density at radius 3 is 2.95 bits per heavy atom. The van der Waals surface area contributed by atoms with Crippen LogP contribution in [0, 0.1) is 6.92 Å². The van der Waals surface area contributed by atoms with Crippen molar-refractivity contribution in [3.8, 4) is 5.75 Å². The lowest BCUT2D eigenvalue weighted by Crippen LogP contribution is -2.50. The van der Waals surface area contributed by atoms with Crippen LogP contribution >= 0.6 is 0 Å². The van der Waals surface area contributed by atoms with E-state index in [9.17, 15) is 9.90 Å². The summed E-state index contributed by atoms with van der Waals surface area (Å²) < 4.78 is 5.35. The van der Waals surface area contributed by atoms with Gasteiger partial charge < -0.3 is 25.7 Å². The van der Waals surface area contributed by atoms with Gasteiger partial charge in [-0.25, -0.2) is 0 Å². The van der Waals surface area contributed by atoms with Gasteiger partial charge in [-0.3, -0.25) is 4.79 Å². The first-order valence-electron chi connectivity index (χ1n) is 6.21. The van der Waals surface area contributed by atoms with Crippen molar-refractivity contribution in [3.05, 3.63) is 29.3 Å². The van der Waals surface area contributed by atoms with Gasteiger partial charge in [0.1, 0.15) is 11.9 Å². The molecular formula is C13H17N3O4. The van der Waals surface area contributed by atoms with Crippen molar-refractivity contribution in [3.63, 3.8) is 0 Å². The molecule has 0 bridgehead atoms. The number of amidine groups is 1. The zero-order valence-corrected chi connectivity index (χ0v) is 11.1. The Morgan fingerprint density at radius 1 is 1.55 bits per heavy atom. The Morgan fingerprint density at radius 2 is 2.30 bits per heavy atom. The fourth-order valence-electron chi connectivity index (χ4n) is 2.14. The summed E-state index contributed by atoms with van der Waals surface area (Å²) in [5, 5.41) is 20.9. The fourth-order valence-corrected chi connectivity index (χ4v) is 2.14. The number of aromatic hydroxyl groups is 1. The molecule has 0 spiro atoms. The van der Waals surface area contributed by atoms with Gasteiger partial charge in [-0.05, 0) is 30.7 Å². The predicted molar refractivity (Wildman–Crippen MR) is 71.9 cm³/mol. The number of phenols is 1. The van der Waals surface area contributed by atoms with Crippen LogP contribution in [0.25, 0.3) is 0 Å². The number of ether oxygens (including phenoxy) is 1. The van der Waals surface area contributed by atoms with Gasteiger partial charge in [0.05, 0.1) is 13.2 Å². The van der Waals surface area contributed by atoms with Crippen LogP contribution in [-0.4, -0.2) is 52.8 Å². The molecule has 1 aromatic carbocycles. The molecule has 2 rings (SSSR count). The van der Waals surface area contributed by atoms with Gasteiger partial charge in [-0.15, -0.1) is 0 Å².